The highest BCUT2D eigenvalue weighted by Gasteiger charge is 2.29. The maximum Gasteiger partial charge on any atom is 0.264 e. The van der Waals surface area contributed by atoms with Crippen molar-refractivity contribution in [1.82, 2.24) is 5.32 Å². The number of benzene rings is 4. The Kier molecular flexibility index (Phi) is 9.41. The van der Waals surface area contributed by atoms with Gasteiger partial charge in [-0.1, -0.05) is 68.4 Å². The Bertz CT molecular complexity index is 1600. The van der Waals surface area contributed by atoms with Gasteiger partial charge in [0.1, 0.15) is 5.75 Å². The summed E-state index contributed by atoms with van der Waals surface area (Å²) < 4.78 is 34.5. The normalized spacial score (nSPS) is 11.1. The standard InChI is InChI=1S/C32H33N3O5S/c1-23(2)21-33-31(36)27-13-7-9-15-29(27)34-32(37)28-14-8-10-16-30(28)35(22-24-11-5-4-6-12-24)41(38,39)26-19-17-25(40-3)18-20-26/h4-20,23H,21-22H2,1-3H3,(H,33,36)(H,34,37). The predicted octanol–water partition coefficient (Wildman–Crippen LogP) is 5.73. The molecule has 0 atom stereocenters. The number of anilines is 2. The van der Waals surface area contributed by atoms with Crippen molar-refractivity contribution < 1.29 is 22.7 Å². The topological polar surface area (TPSA) is 105 Å². The van der Waals surface area contributed by atoms with Crippen LogP contribution in [0, 0.1) is 5.92 Å². The molecule has 0 fully saturated rings. The molecule has 0 radical (unpaired) electrons. The lowest BCUT2D eigenvalue weighted by Crippen LogP contribution is -2.32. The molecule has 0 aliphatic carbocycles. The Morgan fingerprint density at radius 1 is 0.780 bits per heavy atom. The van der Waals surface area contributed by atoms with Crippen LogP contribution in [0.4, 0.5) is 11.4 Å². The molecule has 41 heavy (non-hydrogen) atoms. The molecule has 9 heteroatoms. The Balaban J connectivity index is 1.73. The molecular formula is C32H33N3O5S. The number of methoxy groups -OCH3 is 1. The van der Waals surface area contributed by atoms with Crippen molar-refractivity contribution in [3.05, 3.63) is 120 Å². The number of ether oxygens (including phenoxy) is 1. The lowest BCUT2D eigenvalue weighted by Gasteiger charge is -2.27. The van der Waals surface area contributed by atoms with Gasteiger partial charge in [0.05, 0.1) is 41.1 Å². The van der Waals surface area contributed by atoms with Crippen LogP contribution in [0.1, 0.15) is 40.1 Å². The van der Waals surface area contributed by atoms with Crippen molar-refractivity contribution in [2.75, 3.05) is 23.3 Å². The molecular weight excluding hydrogens is 538 g/mol. The average Bonchev–Trinajstić information content (AvgIpc) is 2.99. The molecule has 0 saturated heterocycles. The maximum atomic E-state index is 14.0. The molecule has 0 aliphatic heterocycles. The van der Waals surface area contributed by atoms with Gasteiger partial charge in [-0.05, 0) is 60.0 Å². The molecule has 212 valence electrons. The lowest BCUT2D eigenvalue weighted by atomic mass is 10.1. The number of hydrogen-bond acceptors (Lipinski definition) is 5. The molecule has 2 amide bonds. The Morgan fingerprint density at radius 3 is 2.05 bits per heavy atom. The van der Waals surface area contributed by atoms with Crippen molar-refractivity contribution in [2.24, 2.45) is 5.92 Å². The molecule has 0 spiro atoms. The number of amides is 2. The number of hydrogen-bond donors (Lipinski definition) is 2. The molecule has 8 nitrogen and oxygen atoms in total. The van der Waals surface area contributed by atoms with Crippen molar-refractivity contribution in [2.45, 2.75) is 25.3 Å². The lowest BCUT2D eigenvalue weighted by molar-refractivity contribution is 0.0950. The number of carbonyl (C=O) groups excluding carboxylic acids is 2. The van der Waals surface area contributed by atoms with E-state index in [1.165, 1.54) is 23.5 Å². The highest BCUT2D eigenvalue weighted by atomic mass is 32.2. The molecule has 4 rings (SSSR count). The van der Waals surface area contributed by atoms with Crippen LogP contribution in [0.2, 0.25) is 0 Å². The Labute approximate surface area is 241 Å². The highest BCUT2D eigenvalue weighted by molar-refractivity contribution is 7.92. The van der Waals surface area contributed by atoms with Crippen LogP contribution in [0.3, 0.4) is 0 Å². The zero-order chi connectivity index (χ0) is 29.4. The van der Waals surface area contributed by atoms with Crippen LogP contribution in [-0.2, 0) is 16.6 Å². The smallest absolute Gasteiger partial charge is 0.264 e. The monoisotopic (exact) mass is 571 g/mol. The fourth-order valence-electron chi connectivity index (χ4n) is 4.18. The number of nitrogens with zero attached hydrogens (tertiary/aromatic N) is 1. The summed E-state index contributed by atoms with van der Waals surface area (Å²) in [6.45, 7) is 4.47. The van der Waals surface area contributed by atoms with Crippen molar-refractivity contribution in [3.63, 3.8) is 0 Å². The van der Waals surface area contributed by atoms with Crippen LogP contribution >= 0.6 is 0 Å². The predicted molar refractivity (Wildman–Crippen MR) is 161 cm³/mol. The van der Waals surface area contributed by atoms with E-state index in [2.05, 4.69) is 10.6 Å². The minimum atomic E-state index is -4.11. The summed E-state index contributed by atoms with van der Waals surface area (Å²) >= 11 is 0. The first-order valence-corrected chi connectivity index (χ1v) is 14.6. The van der Waals surface area contributed by atoms with E-state index in [1.54, 1.807) is 60.7 Å². The third-order valence-electron chi connectivity index (χ3n) is 6.32. The van der Waals surface area contributed by atoms with E-state index >= 15 is 0 Å². The zero-order valence-electron chi connectivity index (χ0n) is 23.2. The van der Waals surface area contributed by atoms with Crippen LogP contribution in [0.5, 0.6) is 5.75 Å². The molecule has 0 heterocycles. The summed E-state index contributed by atoms with van der Waals surface area (Å²) in [5.41, 5.74) is 1.71. The number of sulfonamides is 1. The minimum absolute atomic E-state index is 0.00626. The second kappa shape index (κ2) is 13.1. The highest BCUT2D eigenvalue weighted by Crippen LogP contribution is 2.31. The number of carbonyl (C=O) groups is 2. The van der Waals surface area contributed by atoms with Crippen LogP contribution < -0.4 is 19.7 Å². The number of rotatable bonds is 11. The minimum Gasteiger partial charge on any atom is -0.497 e. The van der Waals surface area contributed by atoms with Gasteiger partial charge in [0.25, 0.3) is 21.8 Å². The van der Waals surface area contributed by atoms with Crippen LogP contribution in [-0.4, -0.2) is 33.9 Å². The summed E-state index contributed by atoms with van der Waals surface area (Å²) in [6.07, 6.45) is 0. The summed E-state index contributed by atoms with van der Waals surface area (Å²) in [7, 11) is -2.60. The fourth-order valence-corrected chi connectivity index (χ4v) is 5.65. The number of nitrogens with one attached hydrogen (secondary N) is 2. The van der Waals surface area contributed by atoms with Gasteiger partial charge in [0.15, 0.2) is 0 Å². The van der Waals surface area contributed by atoms with E-state index in [-0.39, 0.29) is 34.5 Å². The van der Waals surface area contributed by atoms with Crippen molar-refractivity contribution in [3.8, 4) is 5.75 Å². The van der Waals surface area contributed by atoms with E-state index in [1.807, 2.05) is 44.2 Å². The van der Waals surface area contributed by atoms with Gasteiger partial charge < -0.3 is 15.4 Å². The zero-order valence-corrected chi connectivity index (χ0v) is 24.0. The fraction of sp³-hybridized carbons (Fsp3) is 0.188. The second-order valence-corrected chi connectivity index (χ2v) is 11.7. The van der Waals surface area contributed by atoms with E-state index in [0.717, 1.165) is 5.56 Å². The largest absolute Gasteiger partial charge is 0.497 e. The average molecular weight is 572 g/mol. The van der Waals surface area contributed by atoms with Gasteiger partial charge in [-0.3, -0.25) is 13.9 Å². The maximum absolute atomic E-state index is 14.0. The quantitative estimate of drug-likeness (QED) is 0.239. The summed E-state index contributed by atoms with van der Waals surface area (Å²) in [6, 6.07) is 28.5. The molecule has 4 aromatic carbocycles. The summed E-state index contributed by atoms with van der Waals surface area (Å²) in [5.74, 6) is -0.0753. The molecule has 0 saturated carbocycles. The van der Waals surface area contributed by atoms with Gasteiger partial charge in [0.2, 0.25) is 0 Å². The molecule has 0 aliphatic rings. The van der Waals surface area contributed by atoms with Crippen molar-refractivity contribution in [1.29, 1.82) is 0 Å². The second-order valence-electron chi connectivity index (χ2n) is 9.79. The van der Waals surface area contributed by atoms with Crippen LogP contribution in [0.25, 0.3) is 0 Å². The Morgan fingerprint density at radius 2 is 1.39 bits per heavy atom. The van der Waals surface area contributed by atoms with E-state index in [4.69, 9.17) is 4.74 Å². The first-order chi connectivity index (χ1) is 19.7. The van der Waals surface area contributed by atoms with E-state index < -0.39 is 15.9 Å². The van der Waals surface area contributed by atoms with Crippen molar-refractivity contribution >= 4 is 33.2 Å². The van der Waals surface area contributed by atoms with Gasteiger partial charge >= 0.3 is 0 Å². The molecule has 0 aromatic heterocycles. The summed E-state index contributed by atoms with van der Waals surface area (Å²) in [5, 5.41) is 5.69. The van der Waals surface area contributed by atoms with Gasteiger partial charge in [-0.2, -0.15) is 0 Å². The summed E-state index contributed by atoms with van der Waals surface area (Å²) in [4.78, 5) is 26.6. The first kappa shape index (κ1) is 29.4. The van der Waals surface area contributed by atoms with Crippen LogP contribution in [0.15, 0.2) is 108 Å². The molecule has 0 bridgehead atoms. The number of para-hydroxylation sites is 2. The molecule has 2 N–H and O–H groups in total. The Hall–Kier alpha value is -4.63. The van der Waals surface area contributed by atoms with Gasteiger partial charge in [-0.25, -0.2) is 8.42 Å². The van der Waals surface area contributed by atoms with E-state index in [0.29, 0.717) is 23.5 Å². The first-order valence-electron chi connectivity index (χ1n) is 13.2. The molecule has 0 unspecified atom stereocenters. The van der Waals surface area contributed by atoms with Gasteiger partial charge in [-0.15, -0.1) is 0 Å². The third-order valence-corrected chi connectivity index (χ3v) is 8.10. The SMILES string of the molecule is COc1ccc(S(=O)(=O)N(Cc2ccccc2)c2ccccc2C(=O)Nc2ccccc2C(=O)NCC(C)C)cc1. The molecule has 4 aromatic rings. The van der Waals surface area contributed by atoms with Gasteiger partial charge in [0, 0.05) is 6.54 Å². The van der Waals surface area contributed by atoms with E-state index in [9.17, 15) is 18.0 Å². The third kappa shape index (κ3) is 7.12.